The lowest BCUT2D eigenvalue weighted by atomic mass is 10.2. The summed E-state index contributed by atoms with van der Waals surface area (Å²) in [6, 6.07) is 3.17. The molecule has 0 saturated carbocycles. The van der Waals surface area contributed by atoms with E-state index in [4.69, 9.17) is 0 Å². The van der Waals surface area contributed by atoms with Crippen LogP contribution in [-0.4, -0.2) is 26.5 Å². The van der Waals surface area contributed by atoms with Gasteiger partial charge in [-0.05, 0) is 25.0 Å². The minimum atomic E-state index is -3.48. The van der Waals surface area contributed by atoms with Gasteiger partial charge in [-0.1, -0.05) is 13.8 Å². The first kappa shape index (κ1) is 13.9. The summed E-state index contributed by atoms with van der Waals surface area (Å²) in [6.45, 7) is 6.85. The molecule has 0 saturated heterocycles. The van der Waals surface area contributed by atoms with Gasteiger partial charge in [-0.3, -0.25) is 0 Å². The first-order chi connectivity index (χ1) is 7.97. The number of pyridine rings is 1. The number of nitrogens with zero attached hydrogens (tertiary/aromatic N) is 1. The zero-order chi connectivity index (χ0) is 12.9. The lowest BCUT2D eigenvalue weighted by Gasteiger charge is -2.12. The van der Waals surface area contributed by atoms with Gasteiger partial charge in [0.15, 0.2) is 0 Å². The van der Waals surface area contributed by atoms with E-state index in [2.05, 4.69) is 15.0 Å². The van der Waals surface area contributed by atoms with Crippen LogP contribution in [0.15, 0.2) is 23.2 Å². The summed E-state index contributed by atoms with van der Waals surface area (Å²) in [5, 5.41) is 2.94. The van der Waals surface area contributed by atoms with E-state index in [0.29, 0.717) is 18.9 Å². The summed E-state index contributed by atoms with van der Waals surface area (Å²) < 4.78 is 26.6. The van der Waals surface area contributed by atoms with E-state index in [9.17, 15) is 8.42 Å². The molecule has 0 aliphatic rings. The molecule has 0 radical (unpaired) electrons. The monoisotopic (exact) mass is 257 g/mol. The van der Waals surface area contributed by atoms with Crippen molar-refractivity contribution >= 4 is 15.8 Å². The number of nitrogens with one attached hydrogen (secondary N) is 2. The summed E-state index contributed by atoms with van der Waals surface area (Å²) in [5.74, 6) is 0.662. The molecule has 0 aromatic carbocycles. The molecule has 1 heterocycles. The fourth-order valence-corrected chi connectivity index (χ4v) is 2.61. The van der Waals surface area contributed by atoms with Crippen LogP contribution in [0.25, 0.3) is 0 Å². The Balaban J connectivity index is 2.97. The number of hydrogen-bond donors (Lipinski definition) is 2. The molecular formula is C11H19N3O2S. The number of hydrogen-bond acceptors (Lipinski definition) is 4. The molecule has 0 aliphatic heterocycles. The second-order valence-electron chi connectivity index (χ2n) is 4.13. The van der Waals surface area contributed by atoms with Crippen molar-refractivity contribution in [2.45, 2.75) is 25.7 Å². The largest absolute Gasteiger partial charge is 0.369 e. The van der Waals surface area contributed by atoms with Crippen LogP contribution >= 0.6 is 0 Å². The number of aromatic nitrogens is 1. The molecule has 1 aromatic rings. The summed E-state index contributed by atoms with van der Waals surface area (Å²) in [6.07, 6.45) is 1.57. The van der Waals surface area contributed by atoms with Gasteiger partial charge in [0.25, 0.3) is 0 Å². The summed E-state index contributed by atoms with van der Waals surface area (Å²) in [4.78, 5) is 4.23. The lowest BCUT2D eigenvalue weighted by Crippen LogP contribution is -2.28. The van der Waals surface area contributed by atoms with Gasteiger partial charge in [0, 0.05) is 19.3 Å². The van der Waals surface area contributed by atoms with Gasteiger partial charge in [-0.25, -0.2) is 18.1 Å². The fourth-order valence-electron chi connectivity index (χ4n) is 1.26. The van der Waals surface area contributed by atoms with E-state index in [1.807, 2.05) is 20.8 Å². The molecular weight excluding hydrogens is 238 g/mol. The van der Waals surface area contributed by atoms with Crippen LogP contribution < -0.4 is 10.0 Å². The van der Waals surface area contributed by atoms with Crippen LogP contribution in [0.1, 0.15) is 20.8 Å². The van der Waals surface area contributed by atoms with Crippen molar-refractivity contribution in [3.05, 3.63) is 18.3 Å². The third-order valence-electron chi connectivity index (χ3n) is 2.09. The molecule has 0 fully saturated rings. The number of sulfonamides is 1. The second-order valence-corrected chi connectivity index (χ2v) is 5.86. The molecule has 0 amide bonds. The second kappa shape index (κ2) is 5.97. The fraction of sp³-hybridized carbons (Fsp3) is 0.545. The molecule has 0 bridgehead atoms. The predicted molar refractivity (Wildman–Crippen MR) is 68.4 cm³/mol. The molecule has 1 aromatic heterocycles. The van der Waals surface area contributed by atoms with Crippen molar-refractivity contribution in [2.75, 3.05) is 18.4 Å². The molecule has 2 N–H and O–H groups in total. The Morgan fingerprint density at radius 3 is 2.71 bits per heavy atom. The number of rotatable bonds is 6. The van der Waals surface area contributed by atoms with Crippen LogP contribution in [0.2, 0.25) is 0 Å². The van der Waals surface area contributed by atoms with Crippen molar-refractivity contribution in [3.8, 4) is 0 Å². The lowest BCUT2D eigenvalue weighted by molar-refractivity contribution is 0.560. The van der Waals surface area contributed by atoms with Crippen LogP contribution in [0, 0.1) is 5.92 Å². The molecule has 0 aliphatic carbocycles. The van der Waals surface area contributed by atoms with Crippen molar-refractivity contribution in [1.29, 1.82) is 0 Å². The third-order valence-corrected chi connectivity index (χ3v) is 3.54. The van der Waals surface area contributed by atoms with Gasteiger partial charge in [0.05, 0.1) is 0 Å². The van der Waals surface area contributed by atoms with Gasteiger partial charge < -0.3 is 5.32 Å². The standard InChI is InChI=1S/C11H19N3O2S/c1-4-12-11-10(6-5-7-13-11)17(15,16)14-8-9(2)3/h5-7,9,14H,4,8H2,1-3H3,(H,12,13). The summed E-state index contributed by atoms with van der Waals surface area (Å²) >= 11 is 0. The van der Waals surface area contributed by atoms with E-state index in [-0.39, 0.29) is 10.8 Å². The Bertz CT molecular complexity index is 458. The average Bonchev–Trinajstić information content (AvgIpc) is 2.28. The van der Waals surface area contributed by atoms with Gasteiger partial charge in [-0.15, -0.1) is 0 Å². The molecule has 96 valence electrons. The smallest absolute Gasteiger partial charge is 0.244 e. The molecule has 6 heteroatoms. The highest BCUT2D eigenvalue weighted by molar-refractivity contribution is 7.89. The molecule has 17 heavy (non-hydrogen) atoms. The maximum Gasteiger partial charge on any atom is 0.244 e. The quantitative estimate of drug-likeness (QED) is 0.809. The van der Waals surface area contributed by atoms with Gasteiger partial charge >= 0.3 is 0 Å². The Kier molecular flexibility index (Phi) is 4.89. The predicted octanol–water partition coefficient (Wildman–Crippen LogP) is 1.45. The highest BCUT2D eigenvalue weighted by Gasteiger charge is 2.18. The Morgan fingerprint density at radius 2 is 2.12 bits per heavy atom. The van der Waals surface area contributed by atoms with E-state index in [1.165, 1.54) is 0 Å². The molecule has 0 spiro atoms. The highest BCUT2D eigenvalue weighted by atomic mass is 32.2. The van der Waals surface area contributed by atoms with Crippen LogP contribution in [0.3, 0.4) is 0 Å². The normalized spacial score (nSPS) is 11.8. The average molecular weight is 257 g/mol. The van der Waals surface area contributed by atoms with Crippen molar-refractivity contribution < 1.29 is 8.42 Å². The Labute approximate surface area is 103 Å². The SMILES string of the molecule is CCNc1ncccc1S(=O)(=O)NCC(C)C. The number of anilines is 1. The maximum absolute atomic E-state index is 12.0. The first-order valence-corrected chi connectivity index (χ1v) is 7.14. The van der Waals surface area contributed by atoms with Crippen LogP contribution in [-0.2, 0) is 10.0 Å². The molecule has 5 nitrogen and oxygen atoms in total. The minimum absolute atomic E-state index is 0.197. The summed E-state index contributed by atoms with van der Waals surface area (Å²) in [7, 11) is -3.48. The molecule has 0 atom stereocenters. The highest BCUT2D eigenvalue weighted by Crippen LogP contribution is 2.17. The zero-order valence-electron chi connectivity index (χ0n) is 10.4. The first-order valence-electron chi connectivity index (χ1n) is 5.66. The molecule has 1 rings (SSSR count). The maximum atomic E-state index is 12.0. The van der Waals surface area contributed by atoms with E-state index >= 15 is 0 Å². The van der Waals surface area contributed by atoms with Crippen LogP contribution in [0.5, 0.6) is 0 Å². The zero-order valence-corrected chi connectivity index (χ0v) is 11.2. The van der Waals surface area contributed by atoms with E-state index < -0.39 is 10.0 Å². The van der Waals surface area contributed by atoms with Crippen molar-refractivity contribution in [1.82, 2.24) is 9.71 Å². The topological polar surface area (TPSA) is 71.1 Å². The van der Waals surface area contributed by atoms with Gasteiger partial charge in [0.1, 0.15) is 10.7 Å². The van der Waals surface area contributed by atoms with Crippen LogP contribution in [0.4, 0.5) is 5.82 Å². The Hall–Kier alpha value is -1.14. The van der Waals surface area contributed by atoms with Gasteiger partial charge in [0.2, 0.25) is 10.0 Å². The molecule has 0 unspecified atom stereocenters. The minimum Gasteiger partial charge on any atom is -0.369 e. The van der Waals surface area contributed by atoms with E-state index in [1.54, 1.807) is 18.3 Å². The Morgan fingerprint density at radius 1 is 1.41 bits per heavy atom. The van der Waals surface area contributed by atoms with Gasteiger partial charge in [-0.2, -0.15) is 0 Å². The summed E-state index contributed by atoms with van der Waals surface area (Å²) in [5.41, 5.74) is 0. The van der Waals surface area contributed by atoms with Crippen molar-refractivity contribution in [2.24, 2.45) is 5.92 Å². The van der Waals surface area contributed by atoms with Crippen molar-refractivity contribution in [3.63, 3.8) is 0 Å². The van der Waals surface area contributed by atoms with E-state index in [0.717, 1.165) is 0 Å². The third kappa shape index (κ3) is 3.98.